The van der Waals surface area contributed by atoms with Crippen LogP contribution in [0.2, 0.25) is 0 Å². The zero-order chi connectivity index (χ0) is 14.5. The summed E-state index contributed by atoms with van der Waals surface area (Å²) in [5, 5.41) is 11.9. The van der Waals surface area contributed by atoms with Crippen molar-refractivity contribution >= 4 is 12.0 Å². The van der Waals surface area contributed by atoms with E-state index in [2.05, 4.69) is 5.32 Å². The van der Waals surface area contributed by atoms with Crippen molar-refractivity contribution in [2.24, 2.45) is 5.41 Å². The summed E-state index contributed by atoms with van der Waals surface area (Å²) in [5.74, 6) is -0.840. The highest BCUT2D eigenvalue weighted by atomic mass is 16.5. The molecule has 19 heavy (non-hydrogen) atoms. The summed E-state index contributed by atoms with van der Waals surface area (Å²) in [5.41, 5.74) is -0.807. The van der Waals surface area contributed by atoms with E-state index in [-0.39, 0.29) is 18.7 Å². The van der Waals surface area contributed by atoms with E-state index in [9.17, 15) is 9.59 Å². The van der Waals surface area contributed by atoms with Gasteiger partial charge in [0.15, 0.2) is 0 Å². The van der Waals surface area contributed by atoms with Gasteiger partial charge in [-0.25, -0.2) is 4.79 Å². The van der Waals surface area contributed by atoms with Gasteiger partial charge >= 0.3 is 12.0 Å². The van der Waals surface area contributed by atoms with E-state index in [1.807, 2.05) is 13.8 Å². The molecule has 110 valence electrons. The van der Waals surface area contributed by atoms with Crippen molar-refractivity contribution in [3.8, 4) is 0 Å². The number of carboxylic acid groups (broad SMARTS) is 1. The van der Waals surface area contributed by atoms with Crippen molar-refractivity contribution in [1.82, 2.24) is 10.2 Å². The first-order valence-electron chi connectivity index (χ1n) is 6.73. The highest BCUT2D eigenvalue weighted by Gasteiger charge is 2.42. The van der Waals surface area contributed by atoms with Gasteiger partial charge in [-0.3, -0.25) is 4.79 Å². The van der Waals surface area contributed by atoms with Crippen molar-refractivity contribution in [2.45, 2.75) is 39.7 Å². The molecular formula is C13H24N2O4. The van der Waals surface area contributed by atoms with Gasteiger partial charge in [0.05, 0.1) is 11.5 Å². The Morgan fingerprint density at radius 3 is 2.68 bits per heavy atom. The molecule has 0 spiro atoms. The average molecular weight is 272 g/mol. The number of urea groups is 1. The molecule has 2 N–H and O–H groups in total. The van der Waals surface area contributed by atoms with Crippen LogP contribution in [-0.2, 0) is 9.53 Å². The van der Waals surface area contributed by atoms with Gasteiger partial charge in [-0.2, -0.15) is 0 Å². The Morgan fingerprint density at radius 1 is 1.47 bits per heavy atom. The number of aliphatic carboxylic acids is 1. The molecule has 1 heterocycles. The lowest BCUT2D eigenvalue weighted by molar-refractivity contribution is -0.146. The van der Waals surface area contributed by atoms with Crippen LogP contribution in [0.4, 0.5) is 4.79 Å². The molecule has 2 amide bonds. The number of carbonyl (C=O) groups is 2. The summed E-state index contributed by atoms with van der Waals surface area (Å²) < 4.78 is 5.37. The molecule has 1 fully saturated rings. The number of hydrogen-bond donors (Lipinski definition) is 2. The molecule has 1 rings (SSSR count). The smallest absolute Gasteiger partial charge is 0.317 e. The molecule has 0 aromatic rings. The van der Waals surface area contributed by atoms with Gasteiger partial charge in [-0.15, -0.1) is 0 Å². The minimum absolute atomic E-state index is 0.186. The lowest BCUT2D eigenvalue weighted by Crippen LogP contribution is -2.41. The average Bonchev–Trinajstić information content (AvgIpc) is 2.72. The van der Waals surface area contributed by atoms with Gasteiger partial charge in [0.2, 0.25) is 0 Å². The fraction of sp³-hybridized carbons (Fsp3) is 0.846. The molecule has 1 unspecified atom stereocenters. The second kappa shape index (κ2) is 6.75. The fourth-order valence-electron chi connectivity index (χ4n) is 2.01. The Labute approximate surface area is 114 Å². The number of nitrogens with one attached hydrogen (secondary N) is 1. The molecular weight excluding hydrogens is 248 g/mol. The van der Waals surface area contributed by atoms with Crippen LogP contribution in [0.5, 0.6) is 0 Å². The summed E-state index contributed by atoms with van der Waals surface area (Å²) in [6.07, 6.45) is 1.46. The number of hydrogen-bond acceptors (Lipinski definition) is 3. The van der Waals surface area contributed by atoms with Gasteiger partial charge in [0.25, 0.3) is 0 Å². The fourth-order valence-corrected chi connectivity index (χ4v) is 2.01. The first-order valence-corrected chi connectivity index (χ1v) is 6.73. The number of amides is 2. The highest BCUT2D eigenvalue weighted by molar-refractivity contribution is 5.79. The van der Waals surface area contributed by atoms with E-state index in [4.69, 9.17) is 9.84 Å². The lowest BCUT2D eigenvalue weighted by Gasteiger charge is -2.20. The quantitative estimate of drug-likeness (QED) is 0.714. The van der Waals surface area contributed by atoms with Crippen LogP contribution in [0.3, 0.4) is 0 Å². The largest absolute Gasteiger partial charge is 0.481 e. The maximum atomic E-state index is 11.8. The maximum absolute atomic E-state index is 11.8. The van der Waals surface area contributed by atoms with Crippen molar-refractivity contribution in [3.05, 3.63) is 0 Å². The Hall–Kier alpha value is -1.30. The maximum Gasteiger partial charge on any atom is 0.317 e. The summed E-state index contributed by atoms with van der Waals surface area (Å²) in [7, 11) is 0. The van der Waals surface area contributed by atoms with Gasteiger partial charge in [-0.05, 0) is 33.6 Å². The Kier molecular flexibility index (Phi) is 5.60. The number of carboxylic acids is 1. The summed E-state index contributed by atoms with van der Waals surface area (Å²) in [6.45, 7) is 7.55. The van der Waals surface area contributed by atoms with Crippen molar-refractivity contribution in [3.63, 3.8) is 0 Å². The van der Waals surface area contributed by atoms with Crippen LogP contribution < -0.4 is 5.32 Å². The molecule has 6 heteroatoms. The van der Waals surface area contributed by atoms with Crippen molar-refractivity contribution in [2.75, 3.05) is 26.2 Å². The Bertz CT molecular complexity index is 333. The number of carbonyl (C=O) groups excluding carboxylic acids is 1. The van der Waals surface area contributed by atoms with E-state index in [0.717, 1.165) is 6.42 Å². The first kappa shape index (κ1) is 15.8. The van der Waals surface area contributed by atoms with E-state index >= 15 is 0 Å². The van der Waals surface area contributed by atoms with E-state index < -0.39 is 11.4 Å². The molecule has 1 atom stereocenters. The standard InChI is InChI=1S/C13H24N2O4/c1-10(2)19-8-4-6-14-12(18)15-7-5-13(3,9-15)11(16)17/h10H,4-9H2,1-3H3,(H,14,18)(H,16,17). The monoisotopic (exact) mass is 272 g/mol. The predicted octanol–water partition coefficient (Wildman–Crippen LogP) is 1.31. The molecule has 6 nitrogen and oxygen atoms in total. The van der Waals surface area contributed by atoms with Gasteiger partial charge in [-0.1, -0.05) is 0 Å². The molecule has 0 aliphatic carbocycles. The molecule has 0 aromatic carbocycles. The van der Waals surface area contributed by atoms with Crippen molar-refractivity contribution in [1.29, 1.82) is 0 Å². The van der Waals surface area contributed by atoms with Crippen LogP contribution >= 0.6 is 0 Å². The number of nitrogens with zero attached hydrogens (tertiary/aromatic N) is 1. The van der Waals surface area contributed by atoms with Crippen LogP contribution in [0.1, 0.15) is 33.6 Å². The number of likely N-dealkylation sites (tertiary alicyclic amines) is 1. The van der Waals surface area contributed by atoms with Gasteiger partial charge < -0.3 is 20.1 Å². The third-order valence-corrected chi connectivity index (χ3v) is 3.33. The molecule has 0 radical (unpaired) electrons. The van der Waals surface area contributed by atoms with Crippen LogP contribution in [0, 0.1) is 5.41 Å². The molecule has 0 aromatic heterocycles. The predicted molar refractivity (Wildman–Crippen MR) is 71.0 cm³/mol. The minimum atomic E-state index is -0.840. The molecule has 1 aliphatic rings. The summed E-state index contributed by atoms with van der Waals surface area (Å²) >= 11 is 0. The SMILES string of the molecule is CC(C)OCCCNC(=O)N1CCC(C)(C(=O)O)C1. The third-order valence-electron chi connectivity index (χ3n) is 3.33. The van der Waals surface area contributed by atoms with Gasteiger partial charge in [0.1, 0.15) is 0 Å². The lowest BCUT2D eigenvalue weighted by atomic mass is 9.90. The molecule has 0 bridgehead atoms. The molecule has 1 saturated heterocycles. The van der Waals surface area contributed by atoms with Crippen molar-refractivity contribution < 1.29 is 19.4 Å². The van der Waals surface area contributed by atoms with Crippen LogP contribution in [0.25, 0.3) is 0 Å². The zero-order valence-electron chi connectivity index (χ0n) is 11.9. The number of ether oxygens (including phenoxy) is 1. The molecule has 1 aliphatic heterocycles. The highest BCUT2D eigenvalue weighted by Crippen LogP contribution is 2.29. The summed E-state index contributed by atoms with van der Waals surface area (Å²) in [4.78, 5) is 24.5. The van der Waals surface area contributed by atoms with E-state index in [0.29, 0.717) is 26.1 Å². The number of rotatable bonds is 6. The second-order valence-corrected chi connectivity index (χ2v) is 5.54. The zero-order valence-corrected chi connectivity index (χ0v) is 11.9. The normalized spacial score (nSPS) is 22.8. The first-order chi connectivity index (χ1) is 8.85. The van der Waals surface area contributed by atoms with E-state index in [1.54, 1.807) is 11.8 Å². The molecule has 0 saturated carbocycles. The Morgan fingerprint density at radius 2 is 2.16 bits per heavy atom. The minimum Gasteiger partial charge on any atom is -0.481 e. The second-order valence-electron chi connectivity index (χ2n) is 5.54. The third kappa shape index (κ3) is 4.70. The summed E-state index contributed by atoms with van der Waals surface area (Å²) in [6, 6.07) is -0.186. The topological polar surface area (TPSA) is 78.9 Å². The van der Waals surface area contributed by atoms with Crippen LogP contribution in [-0.4, -0.2) is 54.4 Å². The van der Waals surface area contributed by atoms with E-state index in [1.165, 1.54) is 0 Å². The Balaban J connectivity index is 2.23. The van der Waals surface area contributed by atoms with Gasteiger partial charge in [0, 0.05) is 26.2 Å². The van der Waals surface area contributed by atoms with Crippen LogP contribution in [0.15, 0.2) is 0 Å².